The van der Waals surface area contributed by atoms with Gasteiger partial charge in [0.2, 0.25) is 15.9 Å². The van der Waals surface area contributed by atoms with Crippen LogP contribution in [0.1, 0.15) is 36.8 Å². The first-order valence-corrected chi connectivity index (χ1v) is 11.1. The number of benzene rings is 1. The Kier molecular flexibility index (Phi) is 6.80. The molecule has 7 heteroatoms. The molecular formula is C21H27N3O3S. The fourth-order valence-electron chi connectivity index (χ4n) is 3.59. The largest absolute Gasteiger partial charge is 0.352 e. The lowest BCUT2D eigenvalue weighted by molar-refractivity contribution is -0.121. The van der Waals surface area contributed by atoms with Crippen LogP contribution in [0.25, 0.3) is 0 Å². The van der Waals surface area contributed by atoms with Crippen molar-refractivity contribution < 1.29 is 13.2 Å². The molecule has 0 radical (unpaired) electrons. The molecule has 3 rings (SSSR count). The predicted octanol–water partition coefficient (Wildman–Crippen LogP) is 2.89. The van der Waals surface area contributed by atoms with Crippen LogP contribution in [0.2, 0.25) is 0 Å². The van der Waals surface area contributed by atoms with Crippen molar-refractivity contribution in [1.29, 1.82) is 0 Å². The average molecular weight is 402 g/mol. The number of sulfonamides is 1. The van der Waals surface area contributed by atoms with Crippen molar-refractivity contribution in [2.24, 2.45) is 5.92 Å². The molecule has 2 heterocycles. The Bertz CT molecular complexity index is 900. The number of carbonyl (C=O) groups excluding carboxylic acids is 1. The van der Waals surface area contributed by atoms with Crippen molar-refractivity contribution in [3.8, 4) is 0 Å². The SMILES string of the molecule is Cc1ccccc1S(=O)(=O)N1CCCC(CCC(=O)NCc2ccncc2)C1. The zero-order chi connectivity index (χ0) is 20.0. The fraction of sp³-hybridized carbons (Fsp3) is 0.429. The summed E-state index contributed by atoms with van der Waals surface area (Å²) >= 11 is 0. The van der Waals surface area contributed by atoms with E-state index in [2.05, 4.69) is 10.3 Å². The molecule has 1 amide bonds. The van der Waals surface area contributed by atoms with E-state index in [0.29, 0.717) is 37.4 Å². The van der Waals surface area contributed by atoms with Gasteiger partial charge < -0.3 is 5.32 Å². The van der Waals surface area contributed by atoms with Gasteiger partial charge >= 0.3 is 0 Å². The van der Waals surface area contributed by atoms with Gasteiger partial charge in [0.05, 0.1) is 4.90 Å². The van der Waals surface area contributed by atoms with Crippen molar-refractivity contribution in [3.63, 3.8) is 0 Å². The van der Waals surface area contributed by atoms with Gasteiger partial charge in [-0.05, 0) is 61.4 Å². The molecule has 1 fully saturated rings. The van der Waals surface area contributed by atoms with Crippen molar-refractivity contribution in [1.82, 2.24) is 14.6 Å². The van der Waals surface area contributed by atoms with E-state index in [1.165, 1.54) is 0 Å². The van der Waals surface area contributed by atoms with Crippen LogP contribution >= 0.6 is 0 Å². The molecule has 2 aromatic rings. The highest BCUT2D eigenvalue weighted by molar-refractivity contribution is 7.89. The van der Waals surface area contributed by atoms with Gasteiger partial charge in [-0.2, -0.15) is 4.31 Å². The molecule has 1 aliphatic rings. The maximum Gasteiger partial charge on any atom is 0.243 e. The van der Waals surface area contributed by atoms with Gasteiger partial charge in [-0.15, -0.1) is 0 Å². The zero-order valence-electron chi connectivity index (χ0n) is 16.2. The first-order valence-electron chi connectivity index (χ1n) is 9.68. The van der Waals surface area contributed by atoms with Crippen LogP contribution in [0, 0.1) is 12.8 Å². The smallest absolute Gasteiger partial charge is 0.243 e. The number of nitrogens with one attached hydrogen (secondary N) is 1. The molecule has 150 valence electrons. The van der Waals surface area contributed by atoms with Crippen molar-refractivity contribution in [2.75, 3.05) is 13.1 Å². The minimum atomic E-state index is -3.48. The number of pyridine rings is 1. The number of piperidine rings is 1. The third-order valence-electron chi connectivity index (χ3n) is 5.21. The third kappa shape index (κ3) is 5.17. The molecule has 1 N–H and O–H groups in total. The van der Waals surface area contributed by atoms with Gasteiger partial charge in [-0.3, -0.25) is 9.78 Å². The number of hydrogen-bond acceptors (Lipinski definition) is 4. The molecule has 1 aromatic heterocycles. The van der Waals surface area contributed by atoms with Crippen molar-refractivity contribution in [2.45, 2.75) is 44.0 Å². The second-order valence-electron chi connectivity index (χ2n) is 7.31. The standard InChI is InChI=1S/C21H27N3O3S/c1-17-5-2-3-7-20(17)28(26,27)24-14-4-6-19(16-24)8-9-21(25)23-15-18-10-12-22-13-11-18/h2-3,5,7,10-13,19H,4,6,8-9,14-16H2,1H3,(H,23,25). The maximum atomic E-state index is 13.0. The van der Waals surface area contributed by atoms with E-state index in [4.69, 9.17) is 0 Å². The number of aromatic nitrogens is 1. The predicted molar refractivity (Wildman–Crippen MR) is 108 cm³/mol. The van der Waals surface area contributed by atoms with Crippen LogP contribution in [-0.4, -0.2) is 36.7 Å². The van der Waals surface area contributed by atoms with Crippen LogP contribution < -0.4 is 5.32 Å². The van der Waals surface area contributed by atoms with Crippen LogP contribution in [-0.2, 0) is 21.4 Å². The second kappa shape index (κ2) is 9.30. The fourth-order valence-corrected chi connectivity index (χ4v) is 5.37. The van der Waals surface area contributed by atoms with E-state index in [1.54, 1.807) is 28.8 Å². The molecule has 0 saturated carbocycles. The average Bonchev–Trinajstić information content (AvgIpc) is 2.72. The van der Waals surface area contributed by atoms with Gasteiger partial charge in [-0.1, -0.05) is 18.2 Å². The second-order valence-corrected chi connectivity index (χ2v) is 9.21. The summed E-state index contributed by atoms with van der Waals surface area (Å²) in [6.45, 7) is 3.33. The Hall–Kier alpha value is -2.25. The number of nitrogens with zero attached hydrogens (tertiary/aromatic N) is 2. The molecule has 0 spiro atoms. The van der Waals surface area contributed by atoms with E-state index >= 15 is 0 Å². The van der Waals surface area contributed by atoms with Gasteiger partial charge in [0.1, 0.15) is 0 Å². The molecule has 6 nitrogen and oxygen atoms in total. The van der Waals surface area contributed by atoms with E-state index < -0.39 is 10.0 Å². The van der Waals surface area contributed by atoms with Crippen LogP contribution in [0.3, 0.4) is 0 Å². The number of aryl methyl sites for hydroxylation is 1. The lowest BCUT2D eigenvalue weighted by Gasteiger charge is -2.32. The first kappa shape index (κ1) is 20.5. The summed E-state index contributed by atoms with van der Waals surface area (Å²) in [5.74, 6) is 0.204. The number of carbonyl (C=O) groups is 1. The summed E-state index contributed by atoms with van der Waals surface area (Å²) < 4.78 is 27.6. The van der Waals surface area contributed by atoms with Gasteiger partial charge in [0, 0.05) is 38.4 Å². The minimum Gasteiger partial charge on any atom is -0.352 e. The molecule has 1 saturated heterocycles. The minimum absolute atomic E-state index is 0.00398. The molecule has 0 aliphatic carbocycles. The normalized spacial score (nSPS) is 18.0. The zero-order valence-corrected chi connectivity index (χ0v) is 17.0. The summed E-state index contributed by atoms with van der Waals surface area (Å²) in [6.07, 6.45) is 6.29. The molecule has 1 aromatic carbocycles. The number of amides is 1. The Morgan fingerprint density at radius 1 is 1.21 bits per heavy atom. The summed E-state index contributed by atoms with van der Waals surface area (Å²) in [5, 5.41) is 2.91. The molecule has 28 heavy (non-hydrogen) atoms. The summed E-state index contributed by atoms with van der Waals surface area (Å²) in [6, 6.07) is 10.8. The van der Waals surface area contributed by atoms with Crippen molar-refractivity contribution >= 4 is 15.9 Å². The first-order chi connectivity index (χ1) is 13.5. The Morgan fingerprint density at radius 2 is 1.96 bits per heavy atom. The van der Waals surface area contributed by atoms with Gasteiger partial charge in [-0.25, -0.2) is 8.42 Å². The number of hydrogen-bond donors (Lipinski definition) is 1. The summed E-state index contributed by atoms with van der Waals surface area (Å²) in [4.78, 5) is 16.5. The van der Waals surface area contributed by atoms with Crippen LogP contribution in [0.4, 0.5) is 0 Å². The molecule has 1 aliphatic heterocycles. The maximum absolute atomic E-state index is 13.0. The summed E-state index contributed by atoms with van der Waals surface area (Å²) in [7, 11) is -3.48. The lowest BCUT2D eigenvalue weighted by atomic mass is 9.94. The van der Waals surface area contributed by atoms with E-state index in [-0.39, 0.29) is 11.8 Å². The highest BCUT2D eigenvalue weighted by Gasteiger charge is 2.31. The van der Waals surface area contributed by atoms with E-state index in [0.717, 1.165) is 24.0 Å². The number of rotatable bonds is 7. The van der Waals surface area contributed by atoms with Gasteiger partial charge in [0.15, 0.2) is 0 Å². The molecule has 1 unspecified atom stereocenters. The highest BCUT2D eigenvalue weighted by Crippen LogP contribution is 2.27. The third-order valence-corrected chi connectivity index (χ3v) is 7.24. The molecule has 0 bridgehead atoms. The lowest BCUT2D eigenvalue weighted by Crippen LogP contribution is -2.40. The molecular weight excluding hydrogens is 374 g/mol. The quantitative estimate of drug-likeness (QED) is 0.774. The van der Waals surface area contributed by atoms with E-state index in [9.17, 15) is 13.2 Å². The Morgan fingerprint density at radius 3 is 2.71 bits per heavy atom. The topological polar surface area (TPSA) is 79.4 Å². The van der Waals surface area contributed by atoms with E-state index in [1.807, 2.05) is 31.2 Å². The van der Waals surface area contributed by atoms with Crippen molar-refractivity contribution in [3.05, 3.63) is 59.9 Å². The Labute approximate surface area is 167 Å². The summed E-state index contributed by atoms with van der Waals surface area (Å²) in [5.41, 5.74) is 1.77. The molecule has 1 atom stereocenters. The van der Waals surface area contributed by atoms with Crippen LogP contribution in [0.15, 0.2) is 53.7 Å². The van der Waals surface area contributed by atoms with Gasteiger partial charge in [0.25, 0.3) is 0 Å². The highest BCUT2D eigenvalue weighted by atomic mass is 32.2. The monoisotopic (exact) mass is 401 g/mol. The van der Waals surface area contributed by atoms with Crippen LogP contribution in [0.5, 0.6) is 0 Å². The Balaban J connectivity index is 1.52.